The first kappa shape index (κ1) is 12.0. The summed E-state index contributed by atoms with van der Waals surface area (Å²) < 4.78 is 0. The molecule has 86 valence electrons. The van der Waals surface area contributed by atoms with Crippen molar-refractivity contribution in [1.29, 1.82) is 0 Å². The van der Waals surface area contributed by atoms with Crippen molar-refractivity contribution in [3.05, 3.63) is 0 Å². The average Bonchev–Trinajstić information content (AvgIpc) is 2.27. The number of hydrogen-bond donors (Lipinski definition) is 1. The molecular formula is C11H20N2O2. The van der Waals surface area contributed by atoms with Gasteiger partial charge in [-0.25, -0.2) is 0 Å². The molecule has 0 aromatic heterocycles. The van der Waals surface area contributed by atoms with Gasteiger partial charge < -0.3 is 10.6 Å². The average molecular weight is 212 g/mol. The minimum Gasteiger partial charge on any atom is -0.361 e. The molecule has 4 nitrogen and oxygen atoms in total. The molecule has 0 aliphatic carbocycles. The Balaban J connectivity index is 2.71. The molecule has 0 saturated carbocycles. The van der Waals surface area contributed by atoms with Crippen LogP contribution in [0.15, 0.2) is 0 Å². The fraction of sp³-hybridized carbons (Fsp3) is 0.818. The molecule has 0 bridgehead atoms. The number of amides is 2. The second-order valence-electron chi connectivity index (χ2n) is 4.24. The lowest BCUT2D eigenvalue weighted by Gasteiger charge is -2.38. The van der Waals surface area contributed by atoms with E-state index in [1.807, 2.05) is 6.92 Å². The van der Waals surface area contributed by atoms with Gasteiger partial charge in [-0.05, 0) is 25.2 Å². The van der Waals surface area contributed by atoms with Crippen molar-refractivity contribution >= 4 is 11.8 Å². The number of piperidine rings is 1. The molecule has 2 N–H and O–H groups in total. The molecule has 2 amide bonds. The highest BCUT2D eigenvalue weighted by Gasteiger charge is 2.31. The molecule has 15 heavy (non-hydrogen) atoms. The largest absolute Gasteiger partial charge is 0.361 e. The Morgan fingerprint density at radius 3 is 2.40 bits per heavy atom. The summed E-state index contributed by atoms with van der Waals surface area (Å²) in [6, 6.07) is 0.202. The zero-order chi connectivity index (χ0) is 11.4. The van der Waals surface area contributed by atoms with Crippen molar-refractivity contribution in [2.24, 2.45) is 11.7 Å². The van der Waals surface area contributed by atoms with Crippen molar-refractivity contribution in [3.8, 4) is 0 Å². The monoisotopic (exact) mass is 212 g/mol. The van der Waals surface area contributed by atoms with Gasteiger partial charge in [0.2, 0.25) is 0 Å². The number of nitrogens with zero attached hydrogens (tertiary/aromatic N) is 1. The zero-order valence-electron chi connectivity index (χ0n) is 9.53. The van der Waals surface area contributed by atoms with Crippen LogP contribution < -0.4 is 5.73 Å². The van der Waals surface area contributed by atoms with Crippen molar-refractivity contribution in [2.45, 2.75) is 45.6 Å². The third kappa shape index (κ3) is 2.70. The van der Waals surface area contributed by atoms with Gasteiger partial charge in [-0.1, -0.05) is 20.3 Å². The van der Waals surface area contributed by atoms with Gasteiger partial charge in [0.15, 0.2) is 0 Å². The van der Waals surface area contributed by atoms with Gasteiger partial charge >= 0.3 is 11.8 Å². The molecule has 2 atom stereocenters. The van der Waals surface area contributed by atoms with Crippen LogP contribution in [0.2, 0.25) is 0 Å². The summed E-state index contributed by atoms with van der Waals surface area (Å²) in [5.74, 6) is -0.818. The molecule has 0 spiro atoms. The second-order valence-corrected chi connectivity index (χ2v) is 4.24. The third-order valence-corrected chi connectivity index (χ3v) is 3.32. The Labute approximate surface area is 90.8 Å². The van der Waals surface area contributed by atoms with Crippen molar-refractivity contribution in [3.63, 3.8) is 0 Å². The van der Waals surface area contributed by atoms with Gasteiger partial charge in [0.05, 0.1) is 0 Å². The highest BCUT2D eigenvalue weighted by molar-refractivity contribution is 6.34. The van der Waals surface area contributed by atoms with E-state index < -0.39 is 11.8 Å². The molecule has 1 fully saturated rings. The van der Waals surface area contributed by atoms with E-state index in [9.17, 15) is 9.59 Å². The first-order chi connectivity index (χ1) is 7.10. The number of carbonyl (C=O) groups excluding carboxylic acids is 2. The number of carbonyl (C=O) groups is 2. The maximum absolute atomic E-state index is 11.6. The highest BCUT2D eigenvalue weighted by Crippen LogP contribution is 2.25. The van der Waals surface area contributed by atoms with Gasteiger partial charge in [-0.3, -0.25) is 9.59 Å². The summed E-state index contributed by atoms with van der Waals surface area (Å²) in [5.41, 5.74) is 5.04. The van der Waals surface area contributed by atoms with Gasteiger partial charge in [-0.2, -0.15) is 0 Å². The van der Waals surface area contributed by atoms with E-state index in [0.717, 1.165) is 25.7 Å². The van der Waals surface area contributed by atoms with Crippen LogP contribution in [0.25, 0.3) is 0 Å². The highest BCUT2D eigenvalue weighted by atomic mass is 16.2. The Kier molecular flexibility index (Phi) is 4.12. The number of hydrogen-bond acceptors (Lipinski definition) is 2. The van der Waals surface area contributed by atoms with Crippen LogP contribution in [0.1, 0.15) is 39.5 Å². The van der Waals surface area contributed by atoms with Crippen LogP contribution >= 0.6 is 0 Å². The smallest absolute Gasteiger partial charge is 0.311 e. The number of likely N-dealkylation sites (tertiary alicyclic amines) is 1. The van der Waals surface area contributed by atoms with Crippen LogP contribution in [-0.4, -0.2) is 29.3 Å². The van der Waals surface area contributed by atoms with Gasteiger partial charge in [0, 0.05) is 12.6 Å². The molecule has 1 aliphatic rings. The predicted octanol–water partition coefficient (Wildman–Crippen LogP) is 0.899. The van der Waals surface area contributed by atoms with Crippen LogP contribution in [0.5, 0.6) is 0 Å². The lowest BCUT2D eigenvalue weighted by atomic mass is 9.90. The SMILES string of the molecule is CC[C@@H]1CC[C@@H](CC)N(C(=O)C(N)=O)C1. The Hall–Kier alpha value is -1.06. The Bertz CT molecular complexity index is 253. The lowest BCUT2D eigenvalue weighted by Crippen LogP contribution is -2.50. The predicted molar refractivity (Wildman–Crippen MR) is 58.0 cm³/mol. The fourth-order valence-corrected chi connectivity index (χ4v) is 2.25. The first-order valence-corrected chi connectivity index (χ1v) is 5.70. The van der Waals surface area contributed by atoms with Crippen molar-refractivity contribution in [2.75, 3.05) is 6.54 Å². The normalized spacial score (nSPS) is 26.4. The van der Waals surface area contributed by atoms with E-state index in [1.54, 1.807) is 4.90 Å². The summed E-state index contributed by atoms with van der Waals surface area (Å²) in [4.78, 5) is 24.1. The van der Waals surface area contributed by atoms with E-state index in [0.29, 0.717) is 12.5 Å². The molecule has 0 unspecified atom stereocenters. The van der Waals surface area contributed by atoms with Crippen LogP contribution in [0, 0.1) is 5.92 Å². The minimum atomic E-state index is -0.829. The van der Waals surface area contributed by atoms with Gasteiger partial charge in [0.1, 0.15) is 0 Å². The van der Waals surface area contributed by atoms with E-state index >= 15 is 0 Å². The lowest BCUT2D eigenvalue weighted by molar-refractivity contribution is -0.147. The Morgan fingerprint density at radius 1 is 1.27 bits per heavy atom. The van der Waals surface area contributed by atoms with E-state index in [1.165, 1.54) is 0 Å². The number of nitrogens with two attached hydrogens (primary N) is 1. The van der Waals surface area contributed by atoms with Crippen molar-refractivity contribution in [1.82, 2.24) is 4.90 Å². The summed E-state index contributed by atoms with van der Waals surface area (Å²) >= 11 is 0. The first-order valence-electron chi connectivity index (χ1n) is 5.70. The van der Waals surface area contributed by atoms with Crippen LogP contribution in [0.4, 0.5) is 0 Å². The maximum Gasteiger partial charge on any atom is 0.311 e. The molecule has 0 radical (unpaired) electrons. The summed E-state index contributed by atoms with van der Waals surface area (Å²) in [5, 5.41) is 0. The van der Waals surface area contributed by atoms with Crippen LogP contribution in [-0.2, 0) is 9.59 Å². The molecule has 1 rings (SSSR count). The zero-order valence-corrected chi connectivity index (χ0v) is 9.53. The molecule has 0 aromatic rings. The summed E-state index contributed by atoms with van der Waals surface area (Å²) in [6.07, 6.45) is 4.10. The standard InChI is InChI=1S/C11H20N2O2/c1-3-8-5-6-9(4-2)13(7-8)11(15)10(12)14/h8-9H,3-7H2,1-2H3,(H2,12,14)/t8-,9-/m1/s1. The van der Waals surface area contributed by atoms with Gasteiger partial charge in [-0.15, -0.1) is 0 Å². The Morgan fingerprint density at radius 2 is 1.93 bits per heavy atom. The van der Waals surface area contributed by atoms with E-state index in [2.05, 4.69) is 6.92 Å². The molecule has 0 aromatic carbocycles. The summed E-state index contributed by atoms with van der Waals surface area (Å²) in [6.45, 7) is 4.85. The van der Waals surface area contributed by atoms with E-state index in [4.69, 9.17) is 5.73 Å². The molecule has 4 heteroatoms. The molecule has 1 aliphatic heterocycles. The topological polar surface area (TPSA) is 63.4 Å². The molecule has 1 heterocycles. The van der Waals surface area contributed by atoms with Crippen LogP contribution in [0.3, 0.4) is 0 Å². The maximum atomic E-state index is 11.6. The van der Waals surface area contributed by atoms with Gasteiger partial charge in [0.25, 0.3) is 0 Å². The number of primary amides is 1. The fourth-order valence-electron chi connectivity index (χ4n) is 2.25. The molecule has 1 saturated heterocycles. The number of rotatable bonds is 2. The quantitative estimate of drug-likeness (QED) is 0.691. The second kappa shape index (κ2) is 5.14. The van der Waals surface area contributed by atoms with E-state index in [-0.39, 0.29) is 6.04 Å². The molecular weight excluding hydrogens is 192 g/mol. The summed E-state index contributed by atoms with van der Waals surface area (Å²) in [7, 11) is 0. The van der Waals surface area contributed by atoms with Crippen molar-refractivity contribution < 1.29 is 9.59 Å². The minimum absolute atomic E-state index is 0.202. The third-order valence-electron chi connectivity index (χ3n) is 3.32.